The minimum atomic E-state index is -0.524. The van der Waals surface area contributed by atoms with Crippen molar-refractivity contribution in [2.24, 2.45) is 0 Å². The summed E-state index contributed by atoms with van der Waals surface area (Å²) in [5, 5.41) is 11.6. The van der Waals surface area contributed by atoms with Crippen LogP contribution in [0.4, 0.5) is 5.69 Å². The van der Waals surface area contributed by atoms with Crippen molar-refractivity contribution in [3.05, 3.63) is 50.6 Å². The van der Waals surface area contributed by atoms with Gasteiger partial charge in [-0.05, 0) is 23.9 Å². The second-order valence-corrected chi connectivity index (χ2v) is 4.13. The van der Waals surface area contributed by atoms with E-state index in [2.05, 4.69) is 6.92 Å². The third-order valence-corrected chi connectivity index (χ3v) is 2.78. The van der Waals surface area contributed by atoms with Crippen molar-refractivity contribution in [2.45, 2.75) is 26.2 Å². The highest BCUT2D eigenvalue weighted by Gasteiger charge is 2.10. The summed E-state index contributed by atoms with van der Waals surface area (Å²) in [5.41, 5.74) is -0.613. The number of aryl methyl sites for hydroxylation is 1. The summed E-state index contributed by atoms with van der Waals surface area (Å²) in [4.78, 5) is 21.9. The molecule has 2 rings (SSSR count). The number of nitrogens with zero attached hydrogens (tertiary/aromatic N) is 1. The molecule has 1 aromatic carbocycles. The van der Waals surface area contributed by atoms with Crippen molar-refractivity contribution in [3.8, 4) is 0 Å². The number of non-ortho nitro benzene ring substituents is 1. The van der Waals surface area contributed by atoms with Gasteiger partial charge in [0.1, 0.15) is 5.76 Å². The van der Waals surface area contributed by atoms with Gasteiger partial charge in [-0.25, -0.2) is 4.79 Å². The zero-order valence-corrected chi connectivity index (χ0v) is 10.0. The van der Waals surface area contributed by atoms with Gasteiger partial charge in [0.2, 0.25) is 0 Å². The van der Waals surface area contributed by atoms with Crippen LogP contribution in [0.3, 0.4) is 0 Å². The molecule has 0 amide bonds. The highest BCUT2D eigenvalue weighted by Crippen LogP contribution is 2.19. The van der Waals surface area contributed by atoms with E-state index in [0.29, 0.717) is 17.6 Å². The number of unbranched alkanes of at least 4 members (excludes halogenated alkanes) is 1. The molecule has 0 bridgehead atoms. The van der Waals surface area contributed by atoms with Crippen molar-refractivity contribution in [1.29, 1.82) is 0 Å². The van der Waals surface area contributed by atoms with Crippen LogP contribution in [-0.4, -0.2) is 4.92 Å². The third kappa shape index (κ3) is 2.40. The van der Waals surface area contributed by atoms with Crippen LogP contribution in [0, 0.1) is 10.1 Å². The first-order valence-corrected chi connectivity index (χ1v) is 5.83. The average molecular weight is 247 g/mol. The van der Waals surface area contributed by atoms with Gasteiger partial charge < -0.3 is 4.42 Å². The summed E-state index contributed by atoms with van der Waals surface area (Å²) in [6.07, 6.45) is 2.67. The van der Waals surface area contributed by atoms with Gasteiger partial charge in [0, 0.05) is 18.6 Å². The molecule has 0 fully saturated rings. The van der Waals surface area contributed by atoms with Crippen LogP contribution < -0.4 is 5.63 Å². The molecule has 0 saturated heterocycles. The summed E-state index contributed by atoms with van der Waals surface area (Å²) in [6.45, 7) is 2.06. The summed E-state index contributed by atoms with van der Waals surface area (Å²) in [6, 6.07) is 6.01. The molecule has 18 heavy (non-hydrogen) atoms. The Morgan fingerprint density at radius 2 is 2.11 bits per heavy atom. The predicted octanol–water partition coefficient (Wildman–Crippen LogP) is 3.04. The van der Waals surface area contributed by atoms with E-state index in [9.17, 15) is 14.9 Å². The van der Waals surface area contributed by atoms with E-state index in [1.807, 2.05) is 0 Å². The van der Waals surface area contributed by atoms with Gasteiger partial charge in [0.25, 0.3) is 5.69 Å². The topological polar surface area (TPSA) is 73.3 Å². The molecule has 1 aromatic heterocycles. The number of rotatable bonds is 4. The van der Waals surface area contributed by atoms with E-state index in [-0.39, 0.29) is 11.1 Å². The maximum atomic E-state index is 11.7. The van der Waals surface area contributed by atoms with Crippen molar-refractivity contribution in [3.63, 3.8) is 0 Å². The van der Waals surface area contributed by atoms with Crippen molar-refractivity contribution in [1.82, 2.24) is 0 Å². The Hall–Kier alpha value is -2.17. The Balaban J connectivity index is 2.52. The van der Waals surface area contributed by atoms with Crippen LogP contribution in [0.2, 0.25) is 0 Å². The van der Waals surface area contributed by atoms with Crippen LogP contribution >= 0.6 is 0 Å². The van der Waals surface area contributed by atoms with Gasteiger partial charge in [-0.3, -0.25) is 10.1 Å². The number of nitro groups is 1. The molecule has 0 radical (unpaired) electrons. The normalized spacial score (nSPS) is 10.7. The summed E-state index contributed by atoms with van der Waals surface area (Å²) < 4.78 is 5.15. The summed E-state index contributed by atoms with van der Waals surface area (Å²) in [5.74, 6) is 0.628. The highest BCUT2D eigenvalue weighted by atomic mass is 16.6. The molecule has 5 nitrogen and oxygen atoms in total. The minimum absolute atomic E-state index is 0.101. The summed E-state index contributed by atoms with van der Waals surface area (Å²) >= 11 is 0. The van der Waals surface area contributed by atoms with E-state index in [4.69, 9.17) is 4.42 Å². The number of hydrogen-bond donors (Lipinski definition) is 0. The first kappa shape index (κ1) is 12.3. The second-order valence-electron chi connectivity index (χ2n) is 4.13. The molecule has 0 atom stereocenters. The second kappa shape index (κ2) is 5.00. The zero-order valence-electron chi connectivity index (χ0n) is 10.0. The molecule has 94 valence electrons. The Morgan fingerprint density at radius 1 is 1.33 bits per heavy atom. The van der Waals surface area contributed by atoms with E-state index < -0.39 is 10.5 Å². The molecule has 1 heterocycles. The van der Waals surface area contributed by atoms with Gasteiger partial charge in [-0.1, -0.05) is 13.3 Å². The van der Waals surface area contributed by atoms with Gasteiger partial charge in [0.05, 0.1) is 10.3 Å². The Labute approximate surface area is 103 Å². The Morgan fingerprint density at radius 3 is 2.78 bits per heavy atom. The maximum Gasteiger partial charge on any atom is 0.344 e. The quantitative estimate of drug-likeness (QED) is 0.614. The fraction of sp³-hybridized carbons (Fsp3) is 0.308. The molecule has 5 heteroatoms. The van der Waals surface area contributed by atoms with Crippen molar-refractivity contribution < 1.29 is 9.34 Å². The van der Waals surface area contributed by atoms with Gasteiger partial charge in [-0.15, -0.1) is 0 Å². The van der Waals surface area contributed by atoms with E-state index >= 15 is 0 Å². The van der Waals surface area contributed by atoms with Crippen molar-refractivity contribution >= 4 is 16.5 Å². The molecule has 0 aliphatic rings. The lowest BCUT2D eigenvalue weighted by Crippen LogP contribution is -2.03. The molecule has 0 unspecified atom stereocenters. The standard InChI is InChI=1S/C13H13NO4/c1-2-3-4-11-7-9-5-6-10(14(16)17)8-12(9)13(15)18-11/h5-8H,2-4H2,1H3. The minimum Gasteiger partial charge on any atom is -0.427 e. The van der Waals surface area contributed by atoms with Crippen molar-refractivity contribution in [2.75, 3.05) is 0 Å². The third-order valence-electron chi connectivity index (χ3n) is 2.78. The first-order valence-electron chi connectivity index (χ1n) is 5.83. The SMILES string of the molecule is CCCCc1cc2ccc([N+](=O)[O-])cc2c(=O)o1. The molecule has 0 saturated carbocycles. The van der Waals surface area contributed by atoms with E-state index in [1.54, 1.807) is 12.1 Å². The highest BCUT2D eigenvalue weighted by molar-refractivity contribution is 5.83. The van der Waals surface area contributed by atoms with Gasteiger partial charge in [0.15, 0.2) is 0 Å². The number of hydrogen-bond acceptors (Lipinski definition) is 4. The average Bonchev–Trinajstić information content (AvgIpc) is 2.36. The first-order chi connectivity index (χ1) is 8.61. The fourth-order valence-electron chi connectivity index (χ4n) is 1.81. The molecule has 0 spiro atoms. The smallest absolute Gasteiger partial charge is 0.344 e. The van der Waals surface area contributed by atoms with E-state index in [0.717, 1.165) is 12.8 Å². The van der Waals surface area contributed by atoms with E-state index in [1.165, 1.54) is 12.1 Å². The molecule has 0 N–H and O–H groups in total. The van der Waals surface area contributed by atoms with Crippen LogP contribution in [0.15, 0.2) is 33.5 Å². The summed E-state index contributed by atoms with van der Waals surface area (Å²) in [7, 11) is 0. The molecular formula is C13H13NO4. The van der Waals surface area contributed by atoms with Crippen LogP contribution in [0.5, 0.6) is 0 Å². The molecular weight excluding hydrogens is 234 g/mol. The van der Waals surface area contributed by atoms with Gasteiger partial charge >= 0.3 is 5.63 Å². The molecule has 0 aliphatic carbocycles. The largest absolute Gasteiger partial charge is 0.427 e. The Bertz CT molecular complexity index is 645. The lowest BCUT2D eigenvalue weighted by atomic mass is 10.1. The predicted molar refractivity (Wildman–Crippen MR) is 67.8 cm³/mol. The zero-order chi connectivity index (χ0) is 13.1. The molecule has 0 aliphatic heterocycles. The van der Waals surface area contributed by atoms with Crippen LogP contribution in [-0.2, 0) is 6.42 Å². The fourth-order valence-corrected chi connectivity index (χ4v) is 1.81. The lowest BCUT2D eigenvalue weighted by molar-refractivity contribution is -0.384. The number of benzene rings is 1. The number of nitro benzene ring substituents is 1. The Kier molecular flexibility index (Phi) is 3.41. The molecule has 2 aromatic rings. The lowest BCUT2D eigenvalue weighted by Gasteiger charge is -2.01. The number of fused-ring (bicyclic) bond motifs is 1. The maximum absolute atomic E-state index is 11.7. The van der Waals surface area contributed by atoms with Gasteiger partial charge in [-0.2, -0.15) is 0 Å². The van der Waals surface area contributed by atoms with Crippen LogP contribution in [0.1, 0.15) is 25.5 Å². The monoisotopic (exact) mass is 247 g/mol. The van der Waals surface area contributed by atoms with Crippen LogP contribution in [0.25, 0.3) is 10.8 Å².